The van der Waals surface area contributed by atoms with Gasteiger partial charge in [0.25, 0.3) is 0 Å². The Morgan fingerprint density at radius 2 is 2.15 bits per heavy atom. The average Bonchev–Trinajstić information content (AvgIpc) is 2.77. The fraction of sp³-hybridized carbons (Fsp3) is 0.571. The van der Waals surface area contributed by atoms with Crippen LogP contribution >= 0.6 is 11.6 Å². The van der Waals surface area contributed by atoms with Crippen molar-refractivity contribution in [2.24, 2.45) is 0 Å². The maximum absolute atomic E-state index is 11.6. The molecule has 1 N–H and O–H groups in total. The molecule has 0 saturated carbocycles. The number of anilines is 1. The molecular weight excluding hydrogens is 296 g/mol. The summed E-state index contributed by atoms with van der Waals surface area (Å²) in [6, 6.07) is 6.19. The first-order chi connectivity index (χ1) is 9.34. The molecule has 1 fully saturated rings. The Bertz CT molecular complexity index is 589. The summed E-state index contributed by atoms with van der Waals surface area (Å²) in [6.07, 6.45) is 0.670. The molecule has 0 radical (unpaired) electrons. The summed E-state index contributed by atoms with van der Waals surface area (Å²) in [6.45, 7) is 2.07. The molecule has 0 bridgehead atoms. The highest BCUT2D eigenvalue weighted by molar-refractivity contribution is 7.91. The third kappa shape index (κ3) is 3.27. The van der Waals surface area contributed by atoms with E-state index < -0.39 is 9.84 Å². The monoisotopic (exact) mass is 316 g/mol. The summed E-state index contributed by atoms with van der Waals surface area (Å²) >= 11 is 6.36. The normalized spacial score (nSPS) is 22.7. The zero-order chi connectivity index (χ0) is 14.9. The van der Waals surface area contributed by atoms with Gasteiger partial charge in [-0.15, -0.1) is 0 Å². The highest BCUT2D eigenvalue weighted by Crippen LogP contribution is 2.31. The molecule has 1 heterocycles. The molecule has 2 rings (SSSR count). The van der Waals surface area contributed by atoms with Crippen molar-refractivity contribution < 1.29 is 8.42 Å². The van der Waals surface area contributed by atoms with Crippen molar-refractivity contribution in [3.8, 4) is 0 Å². The summed E-state index contributed by atoms with van der Waals surface area (Å²) in [5, 5.41) is 3.83. The van der Waals surface area contributed by atoms with Crippen LogP contribution in [0.4, 0.5) is 5.69 Å². The predicted octanol–water partition coefficient (Wildman–Crippen LogP) is 2.24. The summed E-state index contributed by atoms with van der Waals surface area (Å²) in [5.74, 6) is 0.489. The molecule has 1 aliphatic heterocycles. The molecular formula is C14H21ClN2O2S. The number of halogens is 1. The van der Waals surface area contributed by atoms with Crippen LogP contribution in [-0.2, 0) is 9.84 Å². The van der Waals surface area contributed by atoms with Crippen molar-refractivity contribution in [3.63, 3.8) is 0 Å². The summed E-state index contributed by atoms with van der Waals surface area (Å²) < 4.78 is 23.2. The summed E-state index contributed by atoms with van der Waals surface area (Å²) in [5.41, 5.74) is 2.01. The van der Waals surface area contributed by atoms with Gasteiger partial charge in [-0.05, 0) is 38.1 Å². The number of nitrogens with zero attached hydrogens (tertiary/aromatic N) is 1. The minimum absolute atomic E-state index is 0.0186. The number of rotatable bonds is 4. The minimum Gasteiger partial charge on any atom is -0.369 e. The second-order valence-corrected chi connectivity index (χ2v) is 8.02. The van der Waals surface area contributed by atoms with Crippen LogP contribution < -0.4 is 10.2 Å². The van der Waals surface area contributed by atoms with Gasteiger partial charge in [-0.2, -0.15) is 0 Å². The van der Waals surface area contributed by atoms with Gasteiger partial charge < -0.3 is 10.2 Å². The standard InChI is InChI=1S/C14H21ClN2O2S/c1-10(16-2)11-4-5-14(13(15)8-11)17(3)12-6-7-20(18,19)9-12/h4-5,8,10,12,16H,6-7,9H2,1-3H3. The lowest BCUT2D eigenvalue weighted by Gasteiger charge is -2.27. The molecule has 20 heavy (non-hydrogen) atoms. The Hall–Kier alpha value is -0.780. The van der Waals surface area contributed by atoms with Gasteiger partial charge in [0.15, 0.2) is 9.84 Å². The van der Waals surface area contributed by atoms with E-state index in [-0.39, 0.29) is 23.6 Å². The molecule has 1 aromatic carbocycles. The Balaban J connectivity index is 2.21. The summed E-state index contributed by atoms with van der Waals surface area (Å²) in [4.78, 5) is 1.99. The molecule has 0 aromatic heterocycles. The Labute approximate surface area is 126 Å². The average molecular weight is 317 g/mol. The SMILES string of the molecule is CNC(C)c1ccc(N(C)C2CCS(=O)(=O)C2)c(Cl)c1. The fourth-order valence-corrected chi connectivity index (χ4v) is 4.62. The van der Waals surface area contributed by atoms with E-state index in [1.54, 1.807) is 0 Å². The number of nitrogens with one attached hydrogen (secondary N) is 1. The molecule has 0 aliphatic carbocycles. The molecule has 0 amide bonds. The van der Waals surface area contributed by atoms with E-state index in [0.29, 0.717) is 11.4 Å². The van der Waals surface area contributed by atoms with Crippen LogP contribution in [-0.4, -0.2) is 40.1 Å². The highest BCUT2D eigenvalue weighted by atomic mass is 35.5. The van der Waals surface area contributed by atoms with Crippen molar-refractivity contribution in [1.82, 2.24) is 5.32 Å². The van der Waals surface area contributed by atoms with Gasteiger partial charge in [-0.3, -0.25) is 0 Å². The smallest absolute Gasteiger partial charge is 0.152 e. The first-order valence-corrected chi connectivity index (χ1v) is 8.94. The van der Waals surface area contributed by atoms with E-state index in [1.165, 1.54) is 0 Å². The highest BCUT2D eigenvalue weighted by Gasteiger charge is 2.31. The third-order valence-corrected chi connectivity index (χ3v) is 6.09. The zero-order valence-corrected chi connectivity index (χ0v) is 13.6. The van der Waals surface area contributed by atoms with Crippen LogP contribution in [0.3, 0.4) is 0 Å². The van der Waals surface area contributed by atoms with Crippen LogP contribution in [0.2, 0.25) is 5.02 Å². The predicted molar refractivity (Wildman–Crippen MR) is 84.4 cm³/mol. The van der Waals surface area contributed by atoms with E-state index in [9.17, 15) is 8.42 Å². The maximum Gasteiger partial charge on any atom is 0.152 e. The second kappa shape index (κ2) is 5.92. The number of hydrogen-bond donors (Lipinski definition) is 1. The molecule has 2 unspecified atom stereocenters. The zero-order valence-electron chi connectivity index (χ0n) is 12.1. The van der Waals surface area contributed by atoms with E-state index in [1.807, 2.05) is 37.2 Å². The van der Waals surface area contributed by atoms with Crippen molar-refractivity contribution >= 4 is 27.1 Å². The first-order valence-electron chi connectivity index (χ1n) is 6.74. The maximum atomic E-state index is 11.6. The second-order valence-electron chi connectivity index (χ2n) is 5.39. The van der Waals surface area contributed by atoms with E-state index >= 15 is 0 Å². The van der Waals surface area contributed by atoms with Crippen molar-refractivity contribution in [1.29, 1.82) is 0 Å². The van der Waals surface area contributed by atoms with E-state index in [0.717, 1.165) is 11.3 Å². The lowest BCUT2D eigenvalue weighted by atomic mass is 10.1. The van der Waals surface area contributed by atoms with Gasteiger partial charge in [0.05, 0.1) is 22.2 Å². The van der Waals surface area contributed by atoms with Crippen LogP contribution in [0.5, 0.6) is 0 Å². The first kappa shape index (κ1) is 15.6. The quantitative estimate of drug-likeness (QED) is 0.925. The van der Waals surface area contributed by atoms with Gasteiger partial charge in [0.2, 0.25) is 0 Å². The Morgan fingerprint density at radius 3 is 2.65 bits per heavy atom. The number of sulfone groups is 1. The number of benzene rings is 1. The third-order valence-electron chi connectivity index (χ3n) is 4.04. The Kier molecular flexibility index (Phi) is 4.62. The van der Waals surface area contributed by atoms with Gasteiger partial charge in [0.1, 0.15) is 0 Å². The largest absolute Gasteiger partial charge is 0.369 e. The van der Waals surface area contributed by atoms with Gasteiger partial charge in [0, 0.05) is 19.1 Å². The van der Waals surface area contributed by atoms with Crippen LogP contribution in [0.1, 0.15) is 24.9 Å². The molecule has 112 valence electrons. The summed E-state index contributed by atoms with van der Waals surface area (Å²) in [7, 11) is 0.934. The van der Waals surface area contributed by atoms with Crippen molar-refractivity contribution in [2.45, 2.75) is 25.4 Å². The molecule has 4 nitrogen and oxygen atoms in total. The van der Waals surface area contributed by atoms with Gasteiger partial charge in [-0.1, -0.05) is 17.7 Å². The van der Waals surface area contributed by atoms with Gasteiger partial charge in [-0.25, -0.2) is 8.42 Å². The van der Waals surface area contributed by atoms with Crippen LogP contribution in [0, 0.1) is 0 Å². The molecule has 2 atom stereocenters. The lowest BCUT2D eigenvalue weighted by Crippen LogP contribution is -2.32. The Morgan fingerprint density at radius 1 is 1.45 bits per heavy atom. The van der Waals surface area contributed by atoms with Crippen LogP contribution in [0.25, 0.3) is 0 Å². The molecule has 0 spiro atoms. The molecule has 6 heteroatoms. The lowest BCUT2D eigenvalue weighted by molar-refractivity contribution is 0.601. The van der Waals surface area contributed by atoms with E-state index in [4.69, 9.17) is 11.6 Å². The van der Waals surface area contributed by atoms with Gasteiger partial charge >= 0.3 is 0 Å². The van der Waals surface area contributed by atoms with Crippen molar-refractivity contribution in [3.05, 3.63) is 28.8 Å². The molecule has 1 aromatic rings. The molecule has 1 aliphatic rings. The van der Waals surface area contributed by atoms with Crippen molar-refractivity contribution in [2.75, 3.05) is 30.5 Å². The van der Waals surface area contributed by atoms with E-state index in [2.05, 4.69) is 12.2 Å². The minimum atomic E-state index is -2.88. The van der Waals surface area contributed by atoms with Crippen LogP contribution in [0.15, 0.2) is 18.2 Å². The topological polar surface area (TPSA) is 49.4 Å². The molecule has 1 saturated heterocycles. The fourth-order valence-electron chi connectivity index (χ4n) is 2.52. The number of hydrogen-bond acceptors (Lipinski definition) is 4.